The molecule has 0 aliphatic rings. The van der Waals surface area contributed by atoms with Gasteiger partial charge in [-0.2, -0.15) is 0 Å². The SMILES string of the molecule is O=[N+]([O-])c1ccc2cc(CCBr)oc2c1. The molecule has 0 aliphatic heterocycles. The van der Waals surface area contributed by atoms with E-state index in [1.165, 1.54) is 12.1 Å². The van der Waals surface area contributed by atoms with Gasteiger partial charge in [0.25, 0.3) is 5.69 Å². The molecule has 0 bridgehead atoms. The number of hydrogen-bond donors (Lipinski definition) is 0. The van der Waals surface area contributed by atoms with Gasteiger partial charge in [0.2, 0.25) is 0 Å². The first kappa shape index (κ1) is 10.2. The van der Waals surface area contributed by atoms with Gasteiger partial charge in [0, 0.05) is 23.2 Å². The molecule has 0 atom stereocenters. The first-order valence-electron chi connectivity index (χ1n) is 4.43. The van der Waals surface area contributed by atoms with Crippen molar-refractivity contribution in [2.75, 3.05) is 5.33 Å². The zero-order chi connectivity index (χ0) is 10.8. The normalized spacial score (nSPS) is 10.7. The zero-order valence-electron chi connectivity index (χ0n) is 7.77. The van der Waals surface area contributed by atoms with Crippen LogP contribution in [-0.2, 0) is 6.42 Å². The predicted octanol–water partition coefficient (Wildman–Crippen LogP) is 3.28. The summed E-state index contributed by atoms with van der Waals surface area (Å²) in [6.45, 7) is 0. The molecule has 0 saturated heterocycles. The Morgan fingerprint density at radius 1 is 1.40 bits per heavy atom. The highest BCUT2D eigenvalue weighted by Crippen LogP contribution is 2.24. The van der Waals surface area contributed by atoms with Crippen LogP contribution in [-0.4, -0.2) is 10.3 Å². The third-order valence-corrected chi connectivity index (χ3v) is 2.50. The van der Waals surface area contributed by atoms with Gasteiger partial charge >= 0.3 is 0 Å². The first-order chi connectivity index (χ1) is 7.20. The van der Waals surface area contributed by atoms with Crippen LogP contribution < -0.4 is 0 Å². The molecule has 1 heterocycles. The van der Waals surface area contributed by atoms with Gasteiger partial charge in [0.05, 0.1) is 11.0 Å². The lowest BCUT2D eigenvalue weighted by Gasteiger charge is -1.90. The Morgan fingerprint density at radius 2 is 2.20 bits per heavy atom. The van der Waals surface area contributed by atoms with E-state index in [0.29, 0.717) is 5.58 Å². The van der Waals surface area contributed by atoms with Crippen LogP contribution in [0.25, 0.3) is 11.0 Å². The Kier molecular flexibility index (Phi) is 2.73. The number of fused-ring (bicyclic) bond motifs is 1. The smallest absolute Gasteiger partial charge is 0.273 e. The van der Waals surface area contributed by atoms with Crippen molar-refractivity contribution < 1.29 is 9.34 Å². The summed E-state index contributed by atoms with van der Waals surface area (Å²) in [7, 11) is 0. The molecule has 15 heavy (non-hydrogen) atoms. The zero-order valence-corrected chi connectivity index (χ0v) is 9.36. The molecule has 5 heteroatoms. The summed E-state index contributed by atoms with van der Waals surface area (Å²) in [5.74, 6) is 0.836. The van der Waals surface area contributed by atoms with E-state index in [-0.39, 0.29) is 5.69 Å². The van der Waals surface area contributed by atoms with Crippen LogP contribution in [0.5, 0.6) is 0 Å². The van der Waals surface area contributed by atoms with Crippen molar-refractivity contribution >= 4 is 32.6 Å². The molecule has 0 N–H and O–H groups in total. The van der Waals surface area contributed by atoms with Crippen LogP contribution in [0.1, 0.15) is 5.76 Å². The second kappa shape index (κ2) is 4.02. The van der Waals surface area contributed by atoms with E-state index < -0.39 is 4.92 Å². The molecule has 0 radical (unpaired) electrons. The fraction of sp³-hybridized carbons (Fsp3) is 0.200. The number of aryl methyl sites for hydroxylation is 1. The molecule has 0 saturated carbocycles. The Morgan fingerprint density at radius 3 is 2.87 bits per heavy atom. The van der Waals surface area contributed by atoms with Gasteiger partial charge in [-0.25, -0.2) is 0 Å². The van der Waals surface area contributed by atoms with Gasteiger partial charge in [-0.1, -0.05) is 15.9 Å². The minimum Gasteiger partial charge on any atom is -0.461 e. The maximum Gasteiger partial charge on any atom is 0.273 e. The summed E-state index contributed by atoms with van der Waals surface area (Å²) in [4.78, 5) is 10.1. The molecule has 2 aromatic rings. The van der Waals surface area contributed by atoms with Gasteiger partial charge in [0.15, 0.2) is 0 Å². The topological polar surface area (TPSA) is 56.3 Å². The van der Waals surface area contributed by atoms with Crippen molar-refractivity contribution in [2.45, 2.75) is 6.42 Å². The quantitative estimate of drug-likeness (QED) is 0.488. The van der Waals surface area contributed by atoms with Gasteiger partial charge in [-0.3, -0.25) is 10.1 Å². The number of nitro benzene ring substituents is 1. The standard InChI is InChI=1S/C10H8BrNO3/c11-4-3-9-5-7-1-2-8(12(13)14)6-10(7)15-9/h1-2,5-6H,3-4H2. The lowest BCUT2D eigenvalue weighted by atomic mass is 10.2. The Bertz CT molecular complexity index is 506. The van der Waals surface area contributed by atoms with E-state index in [1.54, 1.807) is 6.07 Å². The summed E-state index contributed by atoms with van der Waals surface area (Å²) >= 11 is 3.31. The minimum atomic E-state index is -0.424. The highest BCUT2D eigenvalue weighted by molar-refractivity contribution is 9.09. The number of rotatable bonds is 3. The number of benzene rings is 1. The van der Waals surface area contributed by atoms with Crippen molar-refractivity contribution in [3.63, 3.8) is 0 Å². The molecule has 0 amide bonds. The molecule has 0 spiro atoms. The van der Waals surface area contributed by atoms with Crippen LogP contribution >= 0.6 is 15.9 Å². The van der Waals surface area contributed by atoms with Crippen molar-refractivity contribution in [3.8, 4) is 0 Å². The second-order valence-corrected chi connectivity index (χ2v) is 3.92. The molecule has 1 aromatic heterocycles. The van der Waals surface area contributed by atoms with Crippen LogP contribution in [0.3, 0.4) is 0 Å². The highest BCUT2D eigenvalue weighted by Gasteiger charge is 2.09. The molecule has 1 aromatic carbocycles. The average Bonchev–Trinajstić information content (AvgIpc) is 2.59. The highest BCUT2D eigenvalue weighted by atomic mass is 79.9. The molecular weight excluding hydrogens is 262 g/mol. The number of non-ortho nitro benzene ring substituents is 1. The Balaban J connectivity index is 2.47. The van der Waals surface area contributed by atoms with E-state index in [1.807, 2.05) is 6.07 Å². The summed E-state index contributed by atoms with van der Waals surface area (Å²) in [6, 6.07) is 6.54. The van der Waals surface area contributed by atoms with Crippen LogP contribution in [0.2, 0.25) is 0 Å². The molecule has 0 fully saturated rings. The maximum atomic E-state index is 10.5. The van der Waals surface area contributed by atoms with Gasteiger partial charge in [-0.15, -0.1) is 0 Å². The molecule has 4 nitrogen and oxygen atoms in total. The summed E-state index contributed by atoms with van der Waals surface area (Å²) < 4.78 is 5.46. The molecule has 78 valence electrons. The van der Waals surface area contributed by atoms with E-state index in [4.69, 9.17) is 4.42 Å². The van der Waals surface area contributed by atoms with Gasteiger partial charge in [-0.05, 0) is 12.1 Å². The van der Waals surface area contributed by atoms with E-state index in [0.717, 1.165) is 22.9 Å². The summed E-state index contributed by atoms with van der Waals surface area (Å²) in [5, 5.41) is 12.2. The number of hydrogen-bond acceptors (Lipinski definition) is 3. The van der Waals surface area contributed by atoms with Gasteiger partial charge < -0.3 is 4.42 Å². The Hall–Kier alpha value is -1.36. The van der Waals surface area contributed by atoms with Crippen molar-refractivity contribution in [1.29, 1.82) is 0 Å². The summed E-state index contributed by atoms with van der Waals surface area (Å²) in [5.41, 5.74) is 0.627. The number of halogens is 1. The predicted molar refractivity (Wildman–Crippen MR) is 60.4 cm³/mol. The van der Waals surface area contributed by atoms with E-state index in [9.17, 15) is 10.1 Å². The summed E-state index contributed by atoms with van der Waals surface area (Å²) in [6.07, 6.45) is 0.780. The van der Waals surface area contributed by atoms with Gasteiger partial charge in [0.1, 0.15) is 11.3 Å². The number of nitrogens with zero attached hydrogens (tertiary/aromatic N) is 1. The lowest BCUT2D eigenvalue weighted by molar-refractivity contribution is -0.384. The fourth-order valence-corrected chi connectivity index (χ4v) is 1.80. The van der Waals surface area contributed by atoms with Crippen molar-refractivity contribution in [1.82, 2.24) is 0 Å². The average molecular weight is 270 g/mol. The largest absolute Gasteiger partial charge is 0.461 e. The van der Waals surface area contributed by atoms with Crippen molar-refractivity contribution in [2.24, 2.45) is 0 Å². The molecule has 2 rings (SSSR count). The molecule has 0 aliphatic carbocycles. The van der Waals surface area contributed by atoms with Crippen molar-refractivity contribution in [3.05, 3.63) is 40.1 Å². The van der Waals surface area contributed by atoms with Crippen LogP contribution in [0.15, 0.2) is 28.7 Å². The maximum absolute atomic E-state index is 10.5. The number of nitro groups is 1. The number of alkyl halides is 1. The second-order valence-electron chi connectivity index (χ2n) is 3.13. The Labute approximate surface area is 94.2 Å². The minimum absolute atomic E-state index is 0.0576. The molecular formula is C10H8BrNO3. The third kappa shape index (κ3) is 2.02. The van der Waals surface area contributed by atoms with Crippen LogP contribution in [0.4, 0.5) is 5.69 Å². The monoisotopic (exact) mass is 269 g/mol. The van der Waals surface area contributed by atoms with E-state index >= 15 is 0 Å². The molecule has 0 unspecified atom stereocenters. The first-order valence-corrected chi connectivity index (χ1v) is 5.55. The lowest BCUT2D eigenvalue weighted by Crippen LogP contribution is -1.85. The van der Waals surface area contributed by atoms with E-state index in [2.05, 4.69) is 15.9 Å². The fourth-order valence-electron chi connectivity index (χ4n) is 1.40. The number of furan rings is 1. The third-order valence-electron chi connectivity index (χ3n) is 2.11. The van der Waals surface area contributed by atoms with Crippen LogP contribution in [0, 0.1) is 10.1 Å².